The van der Waals surface area contributed by atoms with E-state index in [1.54, 1.807) is 60.6 Å². The van der Waals surface area contributed by atoms with Gasteiger partial charge in [0.1, 0.15) is 102 Å². The van der Waals surface area contributed by atoms with Crippen LogP contribution in [0, 0.1) is 11.8 Å². The first-order chi connectivity index (χ1) is 61.7. The number of anilines is 6. The number of aliphatic hydroxyl groups excluding tert-OH is 4. The summed E-state index contributed by atoms with van der Waals surface area (Å²) in [5.74, 6) is 4.01. The summed E-state index contributed by atoms with van der Waals surface area (Å²) in [5.41, 5.74) is 8.73. The van der Waals surface area contributed by atoms with Gasteiger partial charge >= 0.3 is 11.9 Å². The molecule has 0 aliphatic heterocycles. The van der Waals surface area contributed by atoms with Crippen LogP contribution in [0.5, 0.6) is 0 Å². The molecule has 0 bridgehead atoms. The highest BCUT2D eigenvalue weighted by Gasteiger charge is 2.36. The quantitative estimate of drug-likeness (QED) is 0.0481. The highest BCUT2D eigenvalue weighted by Crippen LogP contribution is 2.47. The third kappa shape index (κ3) is 19.8. The summed E-state index contributed by atoms with van der Waals surface area (Å²) in [5, 5.41) is 86.0. The fourth-order valence-electron chi connectivity index (χ4n) is 21.7. The number of hydrogen-bond donors (Lipinski definition) is 12. The number of aliphatic carboxylic acids is 2. The number of aryl methyl sites for hydroxylation is 12. The number of carboxylic acid groups (broad SMARTS) is 2. The van der Waals surface area contributed by atoms with E-state index in [1.165, 1.54) is 198 Å². The molecule has 32 heteroatoms. The molecule has 4 unspecified atom stereocenters. The minimum atomic E-state index is -0.677. The van der Waals surface area contributed by atoms with E-state index in [0.717, 1.165) is 231 Å². The minimum Gasteiger partial charge on any atom is -0.481 e. The van der Waals surface area contributed by atoms with Crippen LogP contribution in [0.15, 0.2) is 38.0 Å². The Balaban J connectivity index is 0.0000000987. The second kappa shape index (κ2) is 40.0. The molecule has 12 aromatic rings. The van der Waals surface area contributed by atoms with Gasteiger partial charge in [0.15, 0.2) is 0 Å². The van der Waals surface area contributed by atoms with Crippen molar-refractivity contribution in [2.75, 3.05) is 31.9 Å². The molecule has 8 atom stereocenters. The second-order valence-corrected chi connectivity index (χ2v) is 43.5. The van der Waals surface area contributed by atoms with Gasteiger partial charge in [0.2, 0.25) is 0 Å². The summed E-state index contributed by atoms with van der Waals surface area (Å²) >= 11 is 10.9. The monoisotopic (exact) mass is 1820 g/mol. The Labute approximate surface area is 758 Å². The number of fused-ring (bicyclic) bond motifs is 18. The first-order valence-electron chi connectivity index (χ1n) is 47.0. The maximum Gasteiger partial charge on any atom is 0.306 e. The molecule has 0 aromatic carbocycles. The first kappa shape index (κ1) is 87.2. The van der Waals surface area contributed by atoms with Crippen molar-refractivity contribution in [1.82, 2.24) is 59.8 Å². The molecule has 12 aliphatic rings. The molecule has 6 saturated carbocycles. The van der Waals surface area contributed by atoms with Crippen molar-refractivity contribution in [2.24, 2.45) is 11.8 Å². The van der Waals surface area contributed by atoms with Gasteiger partial charge in [-0.25, -0.2) is 59.8 Å². The molecule has 126 heavy (non-hydrogen) atoms. The molecule has 26 nitrogen and oxygen atoms in total. The van der Waals surface area contributed by atoms with Crippen LogP contribution in [-0.2, 0) is 86.6 Å². The lowest BCUT2D eigenvalue weighted by atomic mass is 9.92. The van der Waals surface area contributed by atoms with Crippen molar-refractivity contribution >= 4 is 176 Å². The van der Waals surface area contributed by atoms with Crippen LogP contribution in [0.1, 0.15) is 268 Å². The Morgan fingerprint density at radius 1 is 0.238 bits per heavy atom. The van der Waals surface area contributed by atoms with Gasteiger partial charge in [-0.1, -0.05) is 0 Å². The molecule has 0 radical (unpaired) electrons. The molecule has 24 rings (SSSR count). The summed E-state index contributed by atoms with van der Waals surface area (Å²) in [7, 11) is 0. The Kier molecular flexibility index (Phi) is 27.7. The van der Waals surface area contributed by atoms with Gasteiger partial charge in [-0.15, -0.1) is 68.0 Å². The van der Waals surface area contributed by atoms with Crippen molar-refractivity contribution in [3.05, 3.63) is 101 Å². The van der Waals surface area contributed by atoms with Crippen molar-refractivity contribution in [1.29, 1.82) is 0 Å². The fourth-order valence-corrected chi connectivity index (χ4v) is 29.1. The topological polar surface area (TPSA) is 382 Å². The molecule has 0 amide bonds. The Hall–Kier alpha value is -8.18. The van der Waals surface area contributed by atoms with Gasteiger partial charge in [0.05, 0.1) is 68.6 Å². The van der Waals surface area contributed by atoms with Crippen LogP contribution in [-0.4, -0.2) is 163 Å². The highest BCUT2D eigenvalue weighted by molar-refractivity contribution is 7.20. The normalized spacial score (nSPS) is 25.3. The Morgan fingerprint density at radius 3 is 0.706 bits per heavy atom. The van der Waals surface area contributed by atoms with Gasteiger partial charge in [-0.05, 0) is 316 Å². The maximum absolute atomic E-state index is 11.1. The van der Waals surface area contributed by atoms with E-state index in [2.05, 4.69) is 91.7 Å². The number of aliphatic hydroxyl groups is 4. The third-order valence-corrected chi connectivity index (χ3v) is 35.5. The van der Waals surface area contributed by atoms with Crippen LogP contribution in [0.2, 0.25) is 0 Å². The van der Waals surface area contributed by atoms with Crippen LogP contribution in [0.3, 0.4) is 0 Å². The lowest BCUT2D eigenvalue weighted by Gasteiger charge is -2.27. The standard InChI is InChI=1S/4C16H21N3OS.2C15H17N3O2S/c2*20-11-5-3-4-10(8-11)19-15-14-12-6-1-2-7-13(12)21-16(14)18-9-17-15;2*20-11-7-5-10(6-8-11)19-15-14-12-3-1-2-4-13(12)21-16(14)18-9-17-15;2*19-15(20)8-4-5-9(6-8)18-13-12-10-2-1-3-11(10)21-14(12)17-7-16-13/h4*9-11,20H,1-8H2,(H,17,18,19);2*7-9H,1-6H2,(H,19,20)(H,16,17,18)/t;;;;2*8-,9+/m....11/s1. The number of hydrogen-bond acceptors (Lipinski definition) is 30. The Bertz CT molecular complexity index is 5490. The molecule has 12 N–H and O–H groups in total. The van der Waals surface area contributed by atoms with Crippen LogP contribution >= 0.6 is 68.0 Å². The molecule has 6 fully saturated rings. The molecule has 12 aliphatic carbocycles. The minimum absolute atomic E-state index is 0.109. The van der Waals surface area contributed by atoms with Crippen LogP contribution in [0.25, 0.3) is 61.3 Å². The largest absolute Gasteiger partial charge is 0.481 e. The highest BCUT2D eigenvalue weighted by atomic mass is 32.1. The molecule has 12 heterocycles. The number of carbonyl (C=O) groups is 2. The number of rotatable bonds is 14. The summed E-state index contributed by atoms with van der Waals surface area (Å²) in [4.78, 5) is 91.3. The van der Waals surface area contributed by atoms with Crippen molar-refractivity contribution in [3.8, 4) is 0 Å². The maximum atomic E-state index is 11.1. The summed E-state index contributed by atoms with van der Waals surface area (Å²) in [6.07, 6.45) is 56.4. The lowest BCUT2D eigenvalue weighted by Crippen LogP contribution is -2.30. The van der Waals surface area contributed by atoms with Crippen molar-refractivity contribution < 1.29 is 40.2 Å². The molecular formula is C94H118N18O8S6. The average molecular weight is 1820 g/mol. The number of aromatic nitrogens is 12. The molecule has 12 aromatic heterocycles. The third-order valence-electron chi connectivity index (χ3n) is 28.3. The summed E-state index contributed by atoms with van der Waals surface area (Å²) in [6.45, 7) is 0. The van der Waals surface area contributed by atoms with Crippen LogP contribution < -0.4 is 31.9 Å². The average Bonchev–Trinajstić information content (AvgIpc) is 1.61. The molecule has 0 spiro atoms. The summed E-state index contributed by atoms with van der Waals surface area (Å²) in [6, 6.07) is 1.97. The lowest BCUT2D eigenvalue weighted by molar-refractivity contribution is -0.142. The second-order valence-electron chi connectivity index (χ2n) is 37.0. The zero-order valence-electron chi connectivity index (χ0n) is 71.8. The van der Waals surface area contributed by atoms with E-state index in [-0.39, 0.29) is 48.3 Å². The van der Waals surface area contributed by atoms with Crippen molar-refractivity contribution in [2.45, 2.75) is 343 Å². The SMILES string of the molecule is O=C(O)[C@@H]1CC[C@H](Nc2ncnc3sc4c(c23)CCC4)C1.O=C(O)[C@@H]1CC[C@H](Nc2ncnc3sc4c(c23)CCC4)C1.OC1CCC(Nc2ncnc3sc4c(c23)CCCC4)CC1.OC1CCC(Nc2ncnc3sc4c(c23)CCCC4)CC1.OC1CCCC(Nc2ncnc3sc4c(c23)CCCC4)C1.OC1CCCC(Nc2ncnc3sc4c(c23)CCCC4)C1. The number of nitrogens with zero attached hydrogens (tertiary/aromatic N) is 12. The number of carboxylic acids is 2. The smallest absolute Gasteiger partial charge is 0.306 e. The fraction of sp³-hybridized carbons (Fsp3) is 0.596. The predicted molar refractivity (Wildman–Crippen MR) is 507 cm³/mol. The predicted octanol–water partition coefficient (Wildman–Crippen LogP) is 18.8. The molecule has 668 valence electrons. The van der Waals surface area contributed by atoms with Crippen LogP contribution in [0.4, 0.5) is 34.9 Å². The van der Waals surface area contributed by atoms with E-state index >= 15 is 0 Å². The van der Waals surface area contributed by atoms with E-state index in [1.807, 2.05) is 45.3 Å². The summed E-state index contributed by atoms with van der Waals surface area (Å²) < 4.78 is 0. The number of thiophene rings is 6. The van der Waals surface area contributed by atoms with Gasteiger partial charge < -0.3 is 62.5 Å². The van der Waals surface area contributed by atoms with Gasteiger partial charge in [0, 0.05) is 65.5 Å². The number of nitrogens with one attached hydrogen (secondary N) is 6. The van der Waals surface area contributed by atoms with Gasteiger partial charge in [0.25, 0.3) is 0 Å². The molecular weight excluding hydrogens is 1700 g/mol. The van der Waals surface area contributed by atoms with Gasteiger partial charge in [-0.3, -0.25) is 9.59 Å². The zero-order valence-corrected chi connectivity index (χ0v) is 76.7. The van der Waals surface area contributed by atoms with E-state index in [4.69, 9.17) is 10.2 Å². The van der Waals surface area contributed by atoms with Gasteiger partial charge in [-0.2, -0.15) is 0 Å². The van der Waals surface area contributed by atoms with E-state index < -0.39 is 11.9 Å². The van der Waals surface area contributed by atoms with E-state index in [9.17, 15) is 30.0 Å². The molecule has 0 saturated heterocycles. The van der Waals surface area contributed by atoms with Crippen molar-refractivity contribution in [3.63, 3.8) is 0 Å². The van der Waals surface area contributed by atoms with E-state index in [0.29, 0.717) is 37.0 Å². The Morgan fingerprint density at radius 2 is 0.460 bits per heavy atom. The zero-order chi connectivity index (χ0) is 85.7. The first-order valence-corrected chi connectivity index (χ1v) is 51.9.